The van der Waals surface area contributed by atoms with Gasteiger partial charge in [0.15, 0.2) is 24.1 Å². The fourth-order valence-corrected chi connectivity index (χ4v) is 7.97. The number of anilines is 2. The first kappa shape index (κ1) is 44.4. The van der Waals surface area contributed by atoms with Gasteiger partial charge in [-0.3, -0.25) is 19.2 Å². The van der Waals surface area contributed by atoms with Crippen LogP contribution < -0.4 is 11.1 Å². The Balaban J connectivity index is 1.75. The van der Waals surface area contributed by atoms with Gasteiger partial charge < -0.3 is 50.1 Å². The summed E-state index contributed by atoms with van der Waals surface area (Å²) in [6, 6.07) is 4.97. The van der Waals surface area contributed by atoms with E-state index in [4.69, 9.17) is 29.4 Å². The van der Waals surface area contributed by atoms with Crippen molar-refractivity contribution in [1.29, 1.82) is 0 Å². The summed E-state index contributed by atoms with van der Waals surface area (Å²) >= 11 is 0. The van der Waals surface area contributed by atoms with Crippen LogP contribution in [0, 0.1) is 12.8 Å². The van der Waals surface area contributed by atoms with E-state index in [1.54, 1.807) is 45.0 Å². The summed E-state index contributed by atoms with van der Waals surface area (Å²) in [4.78, 5) is 66.0. The molecule has 1 saturated carbocycles. The molecule has 1 aliphatic heterocycles. The van der Waals surface area contributed by atoms with Crippen LogP contribution in [0.3, 0.4) is 0 Å². The fraction of sp³-hybridized carbons (Fsp3) is 0.634. The molecular formula is C41H58N2O13. The lowest BCUT2D eigenvalue weighted by atomic mass is 9.75. The van der Waals surface area contributed by atoms with Gasteiger partial charge in [0.1, 0.15) is 23.4 Å². The number of hydrogen-bond donors (Lipinski definition) is 5. The number of allylic oxidation sites excluding steroid dienone is 1. The minimum absolute atomic E-state index is 0.0442. The van der Waals surface area contributed by atoms with Crippen LogP contribution in [0.5, 0.6) is 0 Å². The van der Waals surface area contributed by atoms with E-state index in [9.17, 15) is 39.3 Å². The molecule has 1 saturated heterocycles. The third-order valence-corrected chi connectivity index (χ3v) is 11.3. The number of unbranched alkanes of at least 4 members (excludes halogenated alkanes) is 4. The molecule has 0 radical (unpaired) electrons. The van der Waals surface area contributed by atoms with Gasteiger partial charge in [-0.15, -0.1) is 0 Å². The molecule has 310 valence electrons. The van der Waals surface area contributed by atoms with Crippen LogP contribution in [-0.2, 0) is 47.7 Å². The minimum Gasteiger partial charge on any atom is -0.459 e. The molecule has 2 fully saturated rings. The number of nitrogen functional groups attached to an aromatic ring is 1. The number of aliphatic hydroxyl groups excluding tert-OH is 1. The second kappa shape index (κ2) is 17.9. The Morgan fingerprint density at radius 2 is 1.62 bits per heavy atom. The summed E-state index contributed by atoms with van der Waals surface area (Å²) in [7, 11) is 0. The number of aryl methyl sites for hydroxylation is 1. The maximum absolute atomic E-state index is 13.5. The second-order valence-electron chi connectivity index (χ2n) is 15.6. The van der Waals surface area contributed by atoms with E-state index in [1.807, 2.05) is 6.92 Å². The fourth-order valence-electron chi connectivity index (χ4n) is 7.97. The number of rotatable bonds is 15. The quantitative estimate of drug-likeness (QED) is 0.0419. The van der Waals surface area contributed by atoms with Crippen molar-refractivity contribution in [2.24, 2.45) is 5.92 Å². The average Bonchev–Trinajstić information content (AvgIpc) is 3.45. The predicted octanol–water partition coefficient (Wildman–Crippen LogP) is 4.23. The van der Waals surface area contributed by atoms with Crippen molar-refractivity contribution >= 4 is 41.2 Å². The standard InChI is InChI=1S/C41H58N2O13/c1-9-11-12-13-14-15-30(46)53-35-33-32(24(5)34(35)54-37(48)22(3)10-2)36-41(51,40(8,50)38(49)55-36)28(21-39(33,7)56-25(6)44)52-31(47)19-18-29(45)43-26-17-16-23(4)27(42)20-26/h10,16-17,20,28,33-36,38,49-51H,9,11-15,18-19,21,42H2,1-8H3,(H,43,45)/b22-10-/t28-,33+,34-,35-,36-,38-,39-,40+,41+/m0/s1. The number of esters is 4. The molecule has 1 aromatic carbocycles. The Kier molecular flexibility index (Phi) is 14.2. The molecule has 1 aromatic rings. The summed E-state index contributed by atoms with van der Waals surface area (Å²) in [6.07, 6.45) is -3.46. The van der Waals surface area contributed by atoms with Crippen molar-refractivity contribution in [3.05, 3.63) is 46.6 Å². The number of nitrogens with two attached hydrogens (primary N) is 1. The Bertz CT molecular complexity index is 1740. The van der Waals surface area contributed by atoms with E-state index in [-0.39, 0.29) is 29.6 Å². The van der Waals surface area contributed by atoms with Gasteiger partial charge in [0.05, 0.1) is 12.3 Å². The van der Waals surface area contributed by atoms with Gasteiger partial charge in [0, 0.05) is 43.1 Å². The minimum atomic E-state index is -2.62. The summed E-state index contributed by atoms with van der Waals surface area (Å²) in [5, 5.41) is 38.3. The van der Waals surface area contributed by atoms with Gasteiger partial charge in [-0.1, -0.05) is 44.7 Å². The summed E-state index contributed by atoms with van der Waals surface area (Å²) in [5.74, 6) is -4.80. The van der Waals surface area contributed by atoms with E-state index >= 15 is 0 Å². The van der Waals surface area contributed by atoms with Crippen molar-refractivity contribution in [3.8, 4) is 0 Å². The highest BCUT2D eigenvalue weighted by Gasteiger charge is 2.75. The Hall–Kier alpha value is -4.31. The average molecular weight is 787 g/mol. The Labute approximate surface area is 327 Å². The number of hydrogen-bond acceptors (Lipinski definition) is 14. The van der Waals surface area contributed by atoms with Gasteiger partial charge in [-0.25, -0.2) is 4.79 Å². The van der Waals surface area contributed by atoms with Gasteiger partial charge in [-0.05, 0) is 76.8 Å². The van der Waals surface area contributed by atoms with E-state index in [2.05, 4.69) is 12.2 Å². The molecule has 9 atom stereocenters. The normalized spacial score (nSPS) is 31.2. The van der Waals surface area contributed by atoms with Gasteiger partial charge >= 0.3 is 23.9 Å². The smallest absolute Gasteiger partial charge is 0.334 e. The molecule has 4 rings (SSSR count). The predicted molar refractivity (Wildman–Crippen MR) is 203 cm³/mol. The molecule has 1 amide bonds. The lowest BCUT2D eigenvalue weighted by molar-refractivity contribution is -0.228. The molecular weight excluding hydrogens is 728 g/mol. The van der Waals surface area contributed by atoms with E-state index in [1.165, 1.54) is 6.92 Å². The Morgan fingerprint density at radius 1 is 0.964 bits per heavy atom. The van der Waals surface area contributed by atoms with Gasteiger partial charge in [0.25, 0.3) is 0 Å². The molecule has 2 aliphatic carbocycles. The number of ether oxygens (including phenoxy) is 5. The molecule has 56 heavy (non-hydrogen) atoms. The maximum atomic E-state index is 13.5. The van der Waals surface area contributed by atoms with Crippen molar-refractivity contribution in [2.45, 2.75) is 161 Å². The zero-order valence-electron chi connectivity index (χ0n) is 33.6. The topological polar surface area (TPSA) is 230 Å². The van der Waals surface area contributed by atoms with Crippen molar-refractivity contribution in [2.75, 3.05) is 11.1 Å². The summed E-state index contributed by atoms with van der Waals surface area (Å²) in [5.41, 5.74) is 1.38. The summed E-state index contributed by atoms with van der Waals surface area (Å²) < 4.78 is 29.9. The molecule has 15 nitrogen and oxygen atoms in total. The number of aliphatic hydroxyl groups is 3. The van der Waals surface area contributed by atoms with Crippen LogP contribution in [0.15, 0.2) is 41.0 Å². The molecule has 3 aliphatic rings. The monoisotopic (exact) mass is 786 g/mol. The largest absolute Gasteiger partial charge is 0.459 e. The first-order valence-electron chi connectivity index (χ1n) is 19.3. The number of fused-ring (bicyclic) bond motifs is 3. The zero-order valence-corrected chi connectivity index (χ0v) is 33.6. The number of amides is 1. The van der Waals surface area contributed by atoms with E-state index in [0.29, 0.717) is 17.8 Å². The van der Waals surface area contributed by atoms with Crippen LogP contribution in [0.2, 0.25) is 0 Å². The van der Waals surface area contributed by atoms with E-state index in [0.717, 1.165) is 45.1 Å². The van der Waals surface area contributed by atoms with Gasteiger partial charge in [-0.2, -0.15) is 0 Å². The molecule has 15 heteroatoms. The Morgan fingerprint density at radius 3 is 2.25 bits per heavy atom. The molecule has 1 heterocycles. The highest BCUT2D eigenvalue weighted by atomic mass is 16.7. The number of carbonyl (C=O) groups excluding carboxylic acids is 5. The van der Waals surface area contributed by atoms with Crippen LogP contribution in [0.4, 0.5) is 11.4 Å². The second-order valence-corrected chi connectivity index (χ2v) is 15.6. The number of benzene rings is 1. The molecule has 0 bridgehead atoms. The lowest BCUT2D eigenvalue weighted by Crippen LogP contribution is -2.65. The van der Waals surface area contributed by atoms with Gasteiger partial charge in [0.2, 0.25) is 5.91 Å². The molecule has 0 aromatic heterocycles. The first-order valence-corrected chi connectivity index (χ1v) is 19.3. The highest BCUT2D eigenvalue weighted by molar-refractivity contribution is 5.93. The highest BCUT2D eigenvalue weighted by Crippen LogP contribution is 2.58. The van der Waals surface area contributed by atoms with Crippen molar-refractivity contribution in [1.82, 2.24) is 0 Å². The maximum Gasteiger partial charge on any atom is 0.334 e. The molecule has 0 unspecified atom stereocenters. The molecule has 6 N–H and O–H groups in total. The van der Waals surface area contributed by atoms with Crippen LogP contribution >= 0.6 is 0 Å². The third kappa shape index (κ3) is 9.11. The molecule has 0 spiro atoms. The van der Waals surface area contributed by atoms with E-state index < -0.39 is 96.1 Å². The van der Waals surface area contributed by atoms with Crippen LogP contribution in [0.1, 0.15) is 112 Å². The van der Waals surface area contributed by atoms with Crippen LogP contribution in [0.25, 0.3) is 0 Å². The summed E-state index contributed by atoms with van der Waals surface area (Å²) in [6.45, 7) is 12.4. The van der Waals surface area contributed by atoms with Crippen molar-refractivity contribution < 1.29 is 63.0 Å². The first-order chi connectivity index (χ1) is 26.2. The zero-order chi connectivity index (χ0) is 41.7. The third-order valence-electron chi connectivity index (χ3n) is 11.3. The number of carbonyl (C=O) groups is 5. The SMILES string of the molecule is C/C=C(/C)C(=O)O[C@H]1C(C)=C2[C@H]([C@@H]1OC(=O)CCCCCCC)[C@@](C)(OC(C)=O)C[C@H](OC(=O)CCC(=O)Nc1ccc(C)c(N)c1)[C@@]1(O)[C@H]2O[C@H](O)[C@@]1(C)O. The van der Waals surface area contributed by atoms with Crippen LogP contribution in [-0.4, -0.2) is 92.6 Å². The van der Waals surface area contributed by atoms with Crippen molar-refractivity contribution in [3.63, 3.8) is 0 Å². The lowest BCUT2D eigenvalue weighted by Gasteiger charge is -2.43. The number of nitrogens with one attached hydrogen (secondary N) is 1.